The van der Waals surface area contributed by atoms with Gasteiger partial charge < -0.3 is 15.4 Å². The quantitative estimate of drug-likeness (QED) is 0.838. The molecule has 1 atom stereocenters. The molecule has 0 fully saturated rings. The number of allylic oxidation sites excluding steroid dienone is 1. The number of urea groups is 1. The van der Waals surface area contributed by atoms with Crippen molar-refractivity contribution in [3.63, 3.8) is 0 Å². The molecule has 0 unspecified atom stereocenters. The summed E-state index contributed by atoms with van der Waals surface area (Å²) in [5.74, 6) is 0.839. The Morgan fingerprint density at radius 1 is 1.00 bits per heavy atom. The van der Waals surface area contributed by atoms with Gasteiger partial charge in [0.15, 0.2) is 5.78 Å². The van der Waals surface area contributed by atoms with E-state index < -0.39 is 6.04 Å². The number of carbonyl (C=O) groups is 2. The van der Waals surface area contributed by atoms with Crippen LogP contribution in [0.15, 0.2) is 65.9 Å². The van der Waals surface area contributed by atoms with Gasteiger partial charge in [0, 0.05) is 17.7 Å². The lowest BCUT2D eigenvalue weighted by Gasteiger charge is -2.38. The number of benzene rings is 2. The molecule has 0 saturated carbocycles. The van der Waals surface area contributed by atoms with Crippen LogP contribution in [0.3, 0.4) is 0 Å². The second kappa shape index (κ2) is 7.15. The molecular weight excluding hydrogens is 352 g/mol. The van der Waals surface area contributed by atoms with Crippen LogP contribution >= 0.6 is 0 Å². The molecule has 28 heavy (non-hydrogen) atoms. The Morgan fingerprint density at radius 2 is 1.71 bits per heavy atom. The number of hydrogen-bond donors (Lipinski definition) is 2. The van der Waals surface area contributed by atoms with E-state index in [1.165, 1.54) is 0 Å². The lowest BCUT2D eigenvalue weighted by Crippen LogP contribution is -2.48. The minimum absolute atomic E-state index is 0.0909. The molecule has 1 aliphatic carbocycles. The van der Waals surface area contributed by atoms with Crippen molar-refractivity contribution >= 4 is 11.8 Å². The highest BCUT2D eigenvalue weighted by molar-refractivity contribution is 6.01. The van der Waals surface area contributed by atoms with Crippen LogP contribution in [0.5, 0.6) is 5.75 Å². The zero-order chi connectivity index (χ0) is 19.7. The van der Waals surface area contributed by atoms with Gasteiger partial charge in [0.05, 0.1) is 6.04 Å². The molecule has 4 rings (SSSR count). The Bertz CT molecular complexity index is 930. The average Bonchev–Trinajstić information content (AvgIpc) is 2.65. The van der Waals surface area contributed by atoms with Crippen molar-refractivity contribution in [3.8, 4) is 5.75 Å². The molecule has 0 spiro atoms. The van der Waals surface area contributed by atoms with E-state index in [0.717, 1.165) is 22.6 Å². The van der Waals surface area contributed by atoms with E-state index >= 15 is 0 Å². The molecule has 0 bridgehead atoms. The van der Waals surface area contributed by atoms with E-state index in [4.69, 9.17) is 4.74 Å². The van der Waals surface area contributed by atoms with Gasteiger partial charge in [-0.1, -0.05) is 56.3 Å². The maximum Gasteiger partial charge on any atom is 0.319 e. The fourth-order valence-corrected chi connectivity index (χ4v) is 3.90. The smallest absolute Gasteiger partial charge is 0.319 e. The summed E-state index contributed by atoms with van der Waals surface area (Å²) >= 11 is 0. The first-order valence-electron chi connectivity index (χ1n) is 9.52. The first kappa shape index (κ1) is 18.3. The Balaban J connectivity index is 1.54. The highest BCUT2D eigenvalue weighted by Gasteiger charge is 2.40. The molecule has 2 aliphatic rings. The molecule has 2 N–H and O–H groups in total. The number of ketones is 1. The van der Waals surface area contributed by atoms with Crippen LogP contribution in [0.2, 0.25) is 0 Å². The van der Waals surface area contributed by atoms with Crippen LogP contribution in [-0.4, -0.2) is 11.8 Å². The van der Waals surface area contributed by atoms with Gasteiger partial charge in [0.1, 0.15) is 12.4 Å². The van der Waals surface area contributed by atoms with Crippen LogP contribution in [0.1, 0.15) is 43.9 Å². The third-order valence-electron chi connectivity index (χ3n) is 5.21. The molecule has 144 valence electrons. The van der Waals surface area contributed by atoms with E-state index in [9.17, 15) is 9.59 Å². The predicted molar refractivity (Wildman–Crippen MR) is 107 cm³/mol. The van der Waals surface area contributed by atoms with Gasteiger partial charge in [-0.25, -0.2) is 4.79 Å². The zero-order valence-electron chi connectivity index (χ0n) is 16.1. The number of Topliss-reactive ketones (excluding diaryl/α,β-unsaturated/α-hetero) is 1. The largest absolute Gasteiger partial charge is 0.489 e. The number of ether oxygens (including phenoxy) is 1. The summed E-state index contributed by atoms with van der Waals surface area (Å²) in [5, 5.41) is 5.74. The predicted octanol–water partition coefficient (Wildman–Crippen LogP) is 4.26. The van der Waals surface area contributed by atoms with Gasteiger partial charge in [0.25, 0.3) is 0 Å². The highest BCUT2D eigenvalue weighted by atomic mass is 16.5. The van der Waals surface area contributed by atoms with Crippen LogP contribution in [-0.2, 0) is 11.4 Å². The lowest BCUT2D eigenvalue weighted by molar-refractivity contribution is -0.118. The van der Waals surface area contributed by atoms with E-state index in [-0.39, 0.29) is 17.2 Å². The van der Waals surface area contributed by atoms with Gasteiger partial charge >= 0.3 is 6.03 Å². The standard InChI is InChI=1S/C23H24N2O3/c1-23(2)12-18-20(19(26)13-23)21(25-22(27)24-18)16-8-10-17(11-9-16)28-14-15-6-4-3-5-7-15/h3-11,21H,12-14H2,1-2H3,(H2,24,25,27)/t21-/m0/s1. The summed E-state index contributed by atoms with van der Waals surface area (Å²) in [6, 6.07) is 16.9. The van der Waals surface area contributed by atoms with Crippen LogP contribution < -0.4 is 15.4 Å². The van der Waals surface area contributed by atoms with Crippen LogP contribution in [0.25, 0.3) is 0 Å². The van der Waals surface area contributed by atoms with Crippen molar-refractivity contribution in [2.24, 2.45) is 5.41 Å². The van der Waals surface area contributed by atoms with E-state index in [1.54, 1.807) is 0 Å². The van der Waals surface area contributed by atoms with Crippen LogP contribution in [0, 0.1) is 5.41 Å². The minimum Gasteiger partial charge on any atom is -0.489 e. The van der Waals surface area contributed by atoms with Crippen molar-refractivity contribution < 1.29 is 14.3 Å². The number of rotatable bonds is 4. The average molecular weight is 376 g/mol. The van der Waals surface area contributed by atoms with E-state index in [1.807, 2.05) is 54.6 Å². The molecule has 1 aliphatic heterocycles. The number of hydrogen-bond acceptors (Lipinski definition) is 3. The fourth-order valence-electron chi connectivity index (χ4n) is 3.90. The number of carbonyl (C=O) groups excluding carboxylic acids is 2. The fraction of sp³-hybridized carbons (Fsp3) is 0.304. The highest BCUT2D eigenvalue weighted by Crippen LogP contribution is 2.41. The summed E-state index contributed by atoms with van der Waals surface area (Å²) in [6.45, 7) is 4.60. The normalized spacial score (nSPS) is 20.9. The maximum absolute atomic E-state index is 12.8. The van der Waals surface area contributed by atoms with Gasteiger partial charge in [-0.15, -0.1) is 0 Å². The Labute approximate surface area is 164 Å². The van der Waals surface area contributed by atoms with Crippen molar-refractivity contribution in [2.75, 3.05) is 0 Å². The molecule has 2 aromatic carbocycles. The first-order valence-corrected chi connectivity index (χ1v) is 9.52. The topological polar surface area (TPSA) is 67.4 Å². The Hall–Kier alpha value is -3.08. The summed E-state index contributed by atoms with van der Waals surface area (Å²) in [7, 11) is 0. The minimum atomic E-state index is -0.421. The molecule has 5 heteroatoms. The number of amides is 2. The summed E-state index contributed by atoms with van der Waals surface area (Å²) in [5.41, 5.74) is 3.27. The number of nitrogens with one attached hydrogen (secondary N) is 2. The molecular formula is C23H24N2O3. The third kappa shape index (κ3) is 3.79. The summed E-state index contributed by atoms with van der Waals surface area (Å²) < 4.78 is 5.83. The molecule has 5 nitrogen and oxygen atoms in total. The summed E-state index contributed by atoms with van der Waals surface area (Å²) in [4.78, 5) is 24.9. The van der Waals surface area contributed by atoms with Crippen molar-refractivity contribution in [1.29, 1.82) is 0 Å². The summed E-state index contributed by atoms with van der Waals surface area (Å²) in [6.07, 6.45) is 1.18. The van der Waals surface area contributed by atoms with Gasteiger partial charge in [-0.2, -0.15) is 0 Å². The maximum atomic E-state index is 12.8. The first-order chi connectivity index (χ1) is 13.4. The third-order valence-corrected chi connectivity index (χ3v) is 5.21. The second-order valence-electron chi connectivity index (χ2n) is 8.21. The zero-order valence-corrected chi connectivity index (χ0v) is 16.1. The molecule has 0 aromatic heterocycles. The van der Waals surface area contributed by atoms with Gasteiger partial charge in [-0.05, 0) is 35.1 Å². The van der Waals surface area contributed by atoms with Crippen molar-refractivity contribution in [3.05, 3.63) is 77.0 Å². The Morgan fingerprint density at radius 3 is 2.43 bits per heavy atom. The molecule has 0 radical (unpaired) electrons. The van der Waals surface area contributed by atoms with E-state index in [0.29, 0.717) is 25.0 Å². The van der Waals surface area contributed by atoms with Crippen molar-refractivity contribution in [1.82, 2.24) is 10.6 Å². The molecule has 1 heterocycles. The molecule has 2 amide bonds. The van der Waals surface area contributed by atoms with Gasteiger partial charge in [-0.3, -0.25) is 4.79 Å². The van der Waals surface area contributed by atoms with Crippen molar-refractivity contribution in [2.45, 2.75) is 39.3 Å². The Kier molecular flexibility index (Phi) is 4.67. The molecule has 2 aromatic rings. The van der Waals surface area contributed by atoms with Crippen LogP contribution in [0.4, 0.5) is 4.79 Å². The molecule has 0 saturated heterocycles. The van der Waals surface area contributed by atoms with E-state index in [2.05, 4.69) is 24.5 Å². The second-order valence-corrected chi connectivity index (χ2v) is 8.21. The monoisotopic (exact) mass is 376 g/mol. The SMILES string of the molecule is CC1(C)CC(=O)C2=C(C1)NC(=O)N[C@H]2c1ccc(OCc2ccccc2)cc1. The lowest BCUT2D eigenvalue weighted by atomic mass is 9.73. The van der Waals surface area contributed by atoms with Gasteiger partial charge in [0.2, 0.25) is 0 Å².